The van der Waals surface area contributed by atoms with Crippen LogP contribution in [0.3, 0.4) is 0 Å². The van der Waals surface area contributed by atoms with Gasteiger partial charge in [0.05, 0.1) is 18.4 Å². The SMILES string of the molecule is C#CCNCc1c(C(=O)O)cnn1C. The van der Waals surface area contributed by atoms with Gasteiger partial charge in [-0.05, 0) is 0 Å². The maximum Gasteiger partial charge on any atom is 0.339 e. The lowest BCUT2D eigenvalue weighted by molar-refractivity contribution is 0.0695. The predicted octanol–water partition coefficient (Wildman–Crippen LogP) is -0.159. The average Bonchev–Trinajstić information content (AvgIpc) is 2.48. The first-order valence-corrected chi connectivity index (χ1v) is 4.05. The molecule has 2 N–H and O–H groups in total. The minimum absolute atomic E-state index is 0.206. The average molecular weight is 193 g/mol. The van der Waals surface area contributed by atoms with Crippen LogP contribution in [0.5, 0.6) is 0 Å². The number of terminal acetylenes is 1. The van der Waals surface area contributed by atoms with E-state index >= 15 is 0 Å². The van der Waals surface area contributed by atoms with E-state index in [1.54, 1.807) is 7.05 Å². The summed E-state index contributed by atoms with van der Waals surface area (Å²) in [5, 5.41) is 15.6. The Balaban J connectivity index is 2.79. The second kappa shape index (κ2) is 4.44. The first kappa shape index (κ1) is 10.3. The fraction of sp³-hybridized carbons (Fsp3) is 0.333. The molecule has 1 rings (SSSR count). The summed E-state index contributed by atoms with van der Waals surface area (Å²) in [6, 6.07) is 0. The zero-order valence-electron chi connectivity index (χ0n) is 7.82. The van der Waals surface area contributed by atoms with Crippen LogP contribution in [0.2, 0.25) is 0 Å². The van der Waals surface area contributed by atoms with Gasteiger partial charge in [-0.2, -0.15) is 5.10 Å². The molecule has 1 heterocycles. The van der Waals surface area contributed by atoms with Gasteiger partial charge in [-0.25, -0.2) is 4.79 Å². The number of carboxylic acid groups (broad SMARTS) is 1. The summed E-state index contributed by atoms with van der Waals surface area (Å²) in [5.74, 6) is 1.43. The summed E-state index contributed by atoms with van der Waals surface area (Å²) in [7, 11) is 1.69. The fourth-order valence-electron chi connectivity index (χ4n) is 1.10. The van der Waals surface area contributed by atoms with Gasteiger partial charge >= 0.3 is 5.97 Å². The van der Waals surface area contributed by atoms with Crippen LogP contribution < -0.4 is 5.32 Å². The highest BCUT2D eigenvalue weighted by Gasteiger charge is 2.13. The van der Waals surface area contributed by atoms with Crippen LogP contribution >= 0.6 is 0 Å². The number of aryl methyl sites for hydroxylation is 1. The summed E-state index contributed by atoms with van der Waals surface area (Å²) in [5.41, 5.74) is 0.824. The number of hydrogen-bond acceptors (Lipinski definition) is 3. The van der Waals surface area contributed by atoms with Crippen molar-refractivity contribution in [3.8, 4) is 12.3 Å². The Labute approximate surface area is 81.7 Å². The smallest absolute Gasteiger partial charge is 0.339 e. The second-order valence-corrected chi connectivity index (χ2v) is 2.74. The van der Waals surface area contributed by atoms with Gasteiger partial charge in [0.1, 0.15) is 5.56 Å². The molecule has 0 radical (unpaired) electrons. The number of carboxylic acids is 1. The standard InChI is InChI=1S/C9H11N3O2/c1-3-4-10-6-8-7(9(13)14)5-11-12(8)2/h1,5,10H,4,6H2,2H3,(H,13,14). The third-order valence-corrected chi connectivity index (χ3v) is 1.81. The Morgan fingerprint density at radius 2 is 2.57 bits per heavy atom. The lowest BCUT2D eigenvalue weighted by atomic mass is 10.2. The van der Waals surface area contributed by atoms with Crippen molar-refractivity contribution in [2.45, 2.75) is 6.54 Å². The lowest BCUT2D eigenvalue weighted by Gasteiger charge is -2.03. The number of aromatic carboxylic acids is 1. The highest BCUT2D eigenvalue weighted by Crippen LogP contribution is 2.06. The van der Waals surface area contributed by atoms with E-state index in [-0.39, 0.29) is 5.56 Å². The summed E-state index contributed by atoms with van der Waals surface area (Å²) in [4.78, 5) is 10.7. The van der Waals surface area contributed by atoms with Crippen LogP contribution in [0.15, 0.2) is 6.20 Å². The van der Waals surface area contributed by atoms with E-state index in [0.717, 1.165) is 0 Å². The molecule has 0 aliphatic heterocycles. The Kier molecular flexibility index (Phi) is 3.26. The van der Waals surface area contributed by atoms with Gasteiger partial charge in [0.15, 0.2) is 0 Å². The van der Waals surface area contributed by atoms with Gasteiger partial charge < -0.3 is 10.4 Å². The third kappa shape index (κ3) is 2.12. The molecule has 1 aromatic heterocycles. The highest BCUT2D eigenvalue weighted by molar-refractivity contribution is 5.88. The quantitative estimate of drug-likeness (QED) is 0.515. The number of nitrogens with zero attached hydrogens (tertiary/aromatic N) is 2. The van der Waals surface area contributed by atoms with E-state index in [1.165, 1.54) is 10.9 Å². The maximum atomic E-state index is 10.7. The molecule has 1 aromatic rings. The first-order valence-electron chi connectivity index (χ1n) is 4.05. The highest BCUT2D eigenvalue weighted by atomic mass is 16.4. The van der Waals surface area contributed by atoms with Crippen molar-refractivity contribution in [2.75, 3.05) is 6.54 Å². The molecule has 0 unspecified atom stereocenters. The van der Waals surface area contributed by atoms with Gasteiger partial charge in [0.2, 0.25) is 0 Å². The van der Waals surface area contributed by atoms with E-state index in [1.807, 2.05) is 0 Å². The molecule has 0 saturated carbocycles. The molecule has 0 aromatic carbocycles. The van der Waals surface area contributed by atoms with Crippen molar-refractivity contribution in [1.82, 2.24) is 15.1 Å². The summed E-state index contributed by atoms with van der Waals surface area (Å²) < 4.78 is 1.52. The van der Waals surface area contributed by atoms with Crippen LogP contribution in [0.25, 0.3) is 0 Å². The van der Waals surface area contributed by atoms with Gasteiger partial charge in [-0.15, -0.1) is 6.42 Å². The van der Waals surface area contributed by atoms with Crippen molar-refractivity contribution < 1.29 is 9.90 Å². The normalized spacial score (nSPS) is 9.71. The first-order chi connectivity index (χ1) is 6.66. The van der Waals surface area contributed by atoms with Gasteiger partial charge in [0, 0.05) is 13.6 Å². The number of aromatic nitrogens is 2. The number of carbonyl (C=O) groups is 1. The Hall–Kier alpha value is -1.80. The topological polar surface area (TPSA) is 67.2 Å². The van der Waals surface area contributed by atoms with E-state index in [9.17, 15) is 4.79 Å². The predicted molar refractivity (Wildman–Crippen MR) is 50.7 cm³/mol. The van der Waals surface area contributed by atoms with Gasteiger partial charge in [-0.3, -0.25) is 4.68 Å². The van der Waals surface area contributed by atoms with Gasteiger partial charge in [-0.1, -0.05) is 5.92 Å². The molecule has 0 aliphatic rings. The van der Waals surface area contributed by atoms with Crippen molar-refractivity contribution in [3.05, 3.63) is 17.5 Å². The number of hydrogen-bond donors (Lipinski definition) is 2. The van der Waals surface area contributed by atoms with E-state index in [0.29, 0.717) is 18.8 Å². The molecule has 0 amide bonds. The Morgan fingerprint density at radius 1 is 1.86 bits per heavy atom. The fourth-order valence-corrected chi connectivity index (χ4v) is 1.10. The van der Waals surface area contributed by atoms with Crippen molar-refractivity contribution in [3.63, 3.8) is 0 Å². The van der Waals surface area contributed by atoms with Crippen LogP contribution in [0.4, 0.5) is 0 Å². The zero-order chi connectivity index (χ0) is 10.6. The monoisotopic (exact) mass is 193 g/mol. The van der Waals surface area contributed by atoms with Crippen molar-refractivity contribution in [2.24, 2.45) is 7.05 Å². The van der Waals surface area contributed by atoms with E-state index in [4.69, 9.17) is 11.5 Å². The van der Waals surface area contributed by atoms with E-state index in [2.05, 4.69) is 16.3 Å². The lowest BCUT2D eigenvalue weighted by Crippen LogP contribution is -2.18. The third-order valence-electron chi connectivity index (χ3n) is 1.81. The molecular weight excluding hydrogens is 182 g/mol. The maximum absolute atomic E-state index is 10.7. The summed E-state index contributed by atoms with van der Waals surface area (Å²) in [6.45, 7) is 0.812. The molecule has 74 valence electrons. The van der Waals surface area contributed by atoms with Crippen LogP contribution in [-0.2, 0) is 13.6 Å². The number of rotatable bonds is 4. The molecule has 0 fully saturated rings. The Morgan fingerprint density at radius 3 is 3.14 bits per heavy atom. The molecule has 0 spiro atoms. The molecule has 0 aliphatic carbocycles. The van der Waals surface area contributed by atoms with Gasteiger partial charge in [0.25, 0.3) is 0 Å². The van der Waals surface area contributed by atoms with Crippen molar-refractivity contribution in [1.29, 1.82) is 0 Å². The molecule has 0 atom stereocenters. The largest absolute Gasteiger partial charge is 0.478 e. The summed E-state index contributed by atoms with van der Waals surface area (Å²) in [6.07, 6.45) is 6.38. The molecule has 0 bridgehead atoms. The Bertz CT molecular complexity index is 376. The molecular formula is C9H11N3O2. The minimum Gasteiger partial charge on any atom is -0.478 e. The minimum atomic E-state index is -0.976. The van der Waals surface area contributed by atoms with Crippen molar-refractivity contribution >= 4 is 5.97 Å². The molecule has 0 saturated heterocycles. The van der Waals surface area contributed by atoms with Crippen LogP contribution in [-0.4, -0.2) is 27.4 Å². The zero-order valence-corrected chi connectivity index (χ0v) is 7.82. The van der Waals surface area contributed by atoms with E-state index < -0.39 is 5.97 Å². The number of nitrogens with one attached hydrogen (secondary N) is 1. The van der Waals surface area contributed by atoms with Crippen LogP contribution in [0.1, 0.15) is 16.1 Å². The molecule has 14 heavy (non-hydrogen) atoms. The summed E-state index contributed by atoms with van der Waals surface area (Å²) >= 11 is 0. The van der Waals surface area contributed by atoms with Crippen LogP contribution in [0, 0.1) is 12.3 Å². The molecule has 5 nitrogen and oxygen atoms in total. The second-order valence-electron chi connectivity index (χ2n) is 2.74. The molecule has 5 heteroatoms.